The van der Waals surface area contributed by atoms with Crippen LogP contribution in [0.15, 0.2) is 42.6 Å². The van der Waals surface area contributed by atoms with E-state index in [-0.39, 0.29) is 17.2 Å². The Morgan fingerprint density at radius 2 is 1.78 bits per heavy atom. The van der Waals surface area contributed by atoms with Crippen molar-refractivity contribution in [2.24, 2.45) is 0 Å². The van der Waals surface area contributed by atoms with Gasteiger partial charge in [0.15, 0.2) is 0 Å². The van der Waals surface area contributed by atoms with Crippen molar-refractivity contribution in [1.29, 1.82) is 0 Å². The third kappa shape index (κ3) is 5.81. The minimum absolute atomic E-state index is 0.0263. The van der Waals surface area contributed by atoms with Crippen LogP contribution in [0.25, 0.3) is 0 Å². The number of nitrogens with one attached hydrogen (secondary N) is 2. The molecule has 1 atom stereocenters. The Balaban J connectivity index is 1.88. The van der Waals surface area contributed by atoms with Crippen LogP contribution in [-0.2, 0) is 16.8 Å². The monoisotopic (exact) mass is 369 g/mol. The number of nitrogens with zero attached hydrogens (tertiary/aromatic N) is 1. The fourth-order valence-corrected chi connectivity index (χ4v) is 2.45. The minimum Gasteiger partial charge on any atom is -0.481 e. The topological polar surface area (TPSA) is 80.3 Å². The second kappa shape index (κ2) is 8.66. The predicted octanol–water partition coefficient (Wildman–Crippen LogP) is 2.82. The average Bonchev–Trinajstić information content (AvgIpc) is 2.65. The van der Waals surface area contributed by atoms with Crippen molar-refractivity contribution < 1.29 is 14.3 Å². The summed E-state index contributed by atoms with van der Waals surface area (Å²) in [5.74, 6) is -0.0158. The standard InChI is InChI=1S/C21H27N3O3/c1-14(19(25)23-13-15-6-11-18(27-5)22-12-15)24-20(26)16-7-9-17(10-8-16)21(2,3)4/h6-12,14H,13H2,1-5H3,(H,23,25)(H,24,26). The van der Waals surface area contributed by atoms with E-state index in [1.54, 1.807) is 38.4 Å². The molecule has 0 spiro atoms. The second-order valence-electron chi connectivity index (χ2n) is 7.45. The second-order valence-corrected chi connectivity index (χ2v) is 7.45. The summed E-state index contributed by atoms with van der Waals surface area (Å²) in [5, 5.41) is 5.51. The highest BCUT2D eigenvalue weighted by Crippen LogP contribution is 2.22. The number of rotatable bonds is 6. The van der Waals surface area contributed by atoms with E-state index >= 15 is 0 Å². The first-order valence-electron chi connectivity index (χ1n) is 8.88. The molecule has 2 rings (SSSR count). The van der Waals surface area contributed by atoms with E-state index in [4.69, 9.17) is 4.74 Å². The zero-order valence-corrected chi connectivity index (χ0v) is 16.5. The van der Waals surface area contributed by atoms with Crippen LogP contribution in [0.2, 0.25) is 0 Å². The lowest BCUT2D eigenvalue weighted by Gasteiger charge is -2.19. The summed E-state index contributed by atoms with van der Waals surface area (Å²) in [7, 11) is 1.55. The molecular weight excluding hydrogens is 342 g/mol. The Labute approximate surface area is 160 Å². The van der Waals surface area contributed by atoms with Crippen LogP contribution in [0, 0.1) is 0 Å². The summed E-state index contributed by atoms with van der Waals surface area (Å²) >= 11 is 0. The molecule has 1 heterocycles. The van der Waals surface area contributed by atoms with Gasteiger partial charge in [-0.1, -0.05) is 39.0 Å². The van der Waals surface area contributed by atoms with Gasteiger partial charge in [-0.2, -0.15) is 0 Å². The van der Waals surface area contributed by atoms with E-state index in [9.17, 15) is 9.59 Å². The van der Waals surface area contributed by atoms with Crippen molar-refractivity contribution in [3.63, 3.8) is 0 Å². The first kappa shape index (κ1) is 20.4. The molecule has 1 aromatic heterocycles. The molecule has 0 aliphatic heterocycles. The van der Waals surface area contributed by atoms with Crippen molar-refractivity contribution in [3.8, 4) is 5.88 Å². The number of pyridine rings is 1. The zero-order chi connectivity index (χ0) is 20.0. The number of ether oxygens (including phenoxy) is 1. The van der Waals surface area contributed by atoms with E-state index in [1.165, 1.54) is 0 Å². The molecule has 2 N–H and O–H groups in total. The normalized spacial score (nSPS) is 12.2. The van der Waals surface area contributed by atoms with Crippen molar-refractivity contribution in [3.05, 3.63) is 59.3 Å². The van der Waals surface area contributed by atoms with E-state index in [2.05, 4.69) is 36.4 Å². The predicted molar refractivity (Wildman–Crippen MR) is 105 cm³/mol. The summed E-state index contributed by atoms with van der Waals surface area (Å²) in [5.41, 5.74) is 2.55. The van der Waals surface area contributed by atoms with Crippen molar-refractivity contribution in [1.82, 2.24) is 15.6 Å². The lowest BCUT2D eigenvalue weighted by atomic mass is 9.86. The molecule has 0 radical (unpaired) electrons. The molecule has 0 saturated heterocycles. The molecule has 144 valence electrons. The smallest absolute Gasteiger partial charge is 0.251 e. The SMILES string of the molecule is COc1ccc(CNC(=O)C(C)NC(=O)c2ccc(C(C)(C)C)cc2)cn1. The number of methoxy groups -OCH3 is 1. The summed E-state index contributed by atoms with van der Waals surface area (Å²) in [6.07, 6.45) is 1.64. The van der Waals surface area contributed by atoms with Crippen molar-refractivity contribution >= 4 is 11.8 Å². The van der Waals surface area contributed by atoms with Gasteiger partial charge in [-0.15, -0.1) is 0 Å². The maximum absolute atomic E-state index is 12.4. The van der Waals surface area contributed by atoms with Crippen LogP contribution >= 0.6 is 0 Å². The minimum atomic E-state index is -0.647. The maximum atomic E-state index is 12.4. The molecule has 0 saturated carbocycles. The fourth-order valence-electron chi connectivity index (χ4n) is 2.45. The van der Waals surface area contributed by atoms with Gasteiger partial charge in [0.05, 0.1) is 7.11 Å². The van der Waals surface area contributed by atoms with Crippen molar-refractivity contribution in [2.45, 2.75) is 45.7 Å². The van der Waals surface area contributed by atoms with Gasteiger partial charge in [0.1, 0.15) is 6.04 Å². The van der Waals surface area contributed by atoms with Gasteiger partial charge in [-0.3, -0.25) is 9.59 Å². The molecule has 6 heteroatoms. The maximum Gasteiger partial charge on any atom is 0.251 e. The highest BCUT2D eigenvalue weighted by molar-refractivity contribution is 5.97. The van der Waals surface area contributed by atoms with Gasteiger partial charge >= 0.3 is 0 Å². The first-order valence-corrected chi connectivity index (χ1v) is 8.88. The number of carbonyl (C=O) groups excluding carboxylic acids is 2. The molecule has 1 aromatic carbocycles. The van der Waals surface area contributed by atoms with Crippen molar-refractivity contribution in [2.75, 3.05) is 7.11 Å². The zero-order valence-electron chi connectivity index (χ0n) is 16.5. The molecule has 2 aromatic rings. The van der Waals surface area contributed by atoms with Gasteiger partial charge < -0.3 is 15.4 Å². The Morgan fingerprint density at radius 3 is 2.30 bits per heavy atom. The molecule has 27 heavy (non-hydrogen) atoms. The number of hydrogen-bond donors (Lipinski definition) is 2. The number of benzene rings is 1. The third-order valence-corrected chi connectivity index (χ3v) is 4.23. The molecule has 0 fully saturated rings. The van der Waals surface area contributed by atoms with Gasteiger partial charge in [-0.25, -0.2) is 4.98 Å². The van der Waals surface area contributed by atoms with Gasteiger partial charge in [-0.05, 0) is 35.6 Å². The molecule has 1 unspecified atom stereocenters. The summed E-state index contributed by atoms with van der Waals surface area (Å²) in [4.78, 5) is 28.7. The first-order chi connectivity index (χ1) is 12.7. The highest BCUT2D eigenvalue weighted by atomic mass is 16.5. The van der Waals surface area contributed by atoms with E-state index in [0.29, 0.717) is 18.0 Å². The van der Waals surface area contributed by atoms with Crippen LogP contribution in [0.1, 0.15) is 49.2 Å². The lowest BCUT2D eigenvalue weighted by molar-refractivity contribution is -0.122. The van der Waals surface area contributed by atoms with Gasteiger partial charge in [0.2, 0.25) is 11.8 Å². The summed E-state index contributed by atoms with van der Waals surface area (Å²) in [6.45, 7) is 8.34. The number of carbonyl (C=O) groups is 2. The number of amides is 2. The van der Waals surface area contributed by atoms with Crippen LogP contribution in [0.3, 0.4) is 0 Å². The number of hydrogen-bond acceptors (Lipinski definition) is 4. The highest BCUT2D eigenvalue weighted by Gasteiger charge is 2.18. The largest absolute Gasteiger partial charge is 0.481 e. The fraction of sp³-hybridized carbons (Fsp3) is 0.381. The van der Waals surface area contributed by atoms with E-state index in [0.717, 1.165) is 11.1 Å². The molecular formula is C21H27N3O3. The van der Waals surface area contributed by atoms with Gasteiger partial charge in [0.25, 0.3) is 5.91 Å². The Kier molecular flexibility index (Phi) is 6.55. The quantitative estimate of drug-likeness (QED) is 0.820. The average molecular weight is 369 g/mol. The number of aromatic nitrogens is 1. The summed E-state index contributed by atoms with van der Waals surface area (Å²) < 4.78 is 5.00. The molecule has 0 aliphatic rings. The van der Waals surface area contributed by atoms with Crippen LogP contribution in [0.4, 0.5) is 0 Å². The molecule has 6 nitrogen and oxygen atoms in total. The van der Waals surface area contributed by atoms with E-state index in [1.807, 2.05) is 18.2 Å². The van der Waals surface area contributed by atoms with Gasteiger partial charge in [0, 0.05) is 24.4 Å². The Morgan fingerprint density at radius 1 is 1.11 bits per heavy atom. The van der Waals surface area contributed by atoms with Crippen LogP contribution < -0.4 is 15.4 Å². The molecule has 2 amide bonds. The summed E-state index contributed by atoms with van der Waals surface area (Å²) in [6, 6.07) is 10.4. The van der Waals surface area contributed by atoms with Crippen LogP contribution in [-0.4, -0.2) is 29.9 Å². The van der Waals surface area contributed by atoms with E-state index < -0.39 is 6.04 Å². The Bertz CT molecular complexity index is 778. The third-order valence-electron chi connectivity index (χ3n) is 4.23. The Hall–Kier alpha value is -2.89. The lowest BCUT2D eigenvalue weighted by Crippen LogP contribution is -2.44. The molecule has 0 bridgehead atoms. The molecule has 0 aliphatic carbocycles. The van der Waals surface area contributed by atoms with Crippen LogP contribution in [0.5, 0.6) is 5.88 Å².